The number of unbranched alkanes of at least 4 members (excludes halogenated alkanes) is 34. The smallest absolute Gasteiger partial charge is 0.462 e. The van der Waals surface area contributed by atoms with Crippen LogP contribution in [0.2, 0.25) is 0 Å². The average molecular weight is 1480 g/mol. The predicted molar refractivity (Wildman–Crippen MR) is 418 cm³/mol. The van der Waals surface area contributed by atoms with Crippen molar-refractivity contribution in [1.82, 2.24) is 0 Å². The zero-order valence-electron chi connectivity index (χ0n) is 64.5. The number of carbonyl (C=O) groups is 4. The topological polar surface area (TPSA) is 237 Å². The fourth-order valence-corrected chi connectivity index (χ4v) is 12.5. The van der Waals surface area contributed by atoms with Crippen LogP contribution in [0.15, 0.2) is 97.2 Å². The molecule has 590 valence electrons. The molecular weight excluding hydrogens is 1330 g/mol. The Kier molecular flexibility index (Phi) is 72.3. The molecule has 0 aromatic heterocycles. The molecule has 0 saturated heterocycles. The third kappa shape index (κ3) is 74.3. The lowest BCUT2D eigenvalue weighted by atomic mass is 10.1. The third-order valence-electron chi connectivity index (χ3n) is 17.0. The van der Waals surface area contributed by atoms with Crippen LogP contribution < -0.4 is 0 Å². The van der Waals surface area contributed by atoms with Crippen molar-refractivity contribution in [2.45, 2.75) is 367 Å². The number of hydrogen-bond donors (Lipinski definition) is 3. The van der Waals surface area contributed by atoms with E-state index >= 15 is 0 Å². The van der Waals surface area contributed by atoms with E-state index in [1.54, 1.807) is 0 Å². The van der Waals surface area contributed by atoms with Crippen molar-refractivity contribution in [3.8, 4) is 0 Å². The highest BCUT2D eigenvalue weighted by atomic mass is 31.2. The van der Waals surface area contributed by atoms with Gasteiger partial charge in [-0.05, 0) is 122 Å². The number of phosphoric acid groups is 2. The molecule has 0 heterocycles. The van der Waals surface area contributed by atoms with Gasteiger partial charge in [0.05, 0.1) is 26.4 Å². The summed E-state index contributed by atoms with van der Waals surface area (Å²) >= 11 is 0. The van der Waals surface area contributed by atoms with Gasteiger partial charge in [-0.15, -0.1) is 0 Å². The number of carbonyl (C=O) groups excluding carboxylic acids is 4. The van der Waals surface area contributed by atoms with E-state index in [2.05, 4.69) is 125 Å². The van der Waals surface area contributed by atoms with Gasteiger partial charge in [0.25, 0.3) is 0 Å². The Hall–Kier alpha value is -4.02. The van der Waals surface area contributed by atoms with E-state index in [0.29, 0.717) is 25.7 Å². The van der Waals surface area contributed by atoms with Gasteiger partial charge >= 0.3 is 39.5 Å². The Bertz CT molecular complexity index is 2310. The highest BCUT2D eigenvalue weighted by molar-refractivity contribution is 7.47. The first kappa shape index (κ1) is 98.0. The van der Waals surface area contributed by atoms with Crippen LogP contribution in [-0.4, -0.2) is 96.7 Å². The third-order valence-corrected chi connectivity index (χ3v) is 18.9. The largest absolute Gasteiger partial charge is 0.472 e. The highest BCUT2D eigenvalue weighted by Gasteiger charge is 2.30. The fraction of sp³-hybridized carbons (Fsp3) is 0.759. The van der Waals surface area contributed by atoms with Crippen LogP contribution in [0.25, 0.3) is 0 Å². The number of esters is 4. The Labute approximate surface area is 620 Å². The summed E-state index contributed by atoms with van der Waals surface area (Å²) in [5, 5.41) is 10.6. The van der Waals surface area contributed by atoms with Gasteiger partial charge in [-0.3, -0.25) is 37.3 Å². The van der Waals surface area contributed by atoms with E-state index in [9.17, 15) is 43.2 Å². The lowest BCUT2D eigenvalue weighted by Gasteiger charge is -2.21. The molecular formula is C83H146O17P2. The van der Waals surface area contributed by atoms with Crippen molar-refractivity contribution in [3.63, 3.8) is 0 Å². The summed E-state index contributed by atoms with van der Waals surface area (Å²) < 4.78 is 68.6. The van der Waals surface area contributed by atoms with Crippen molar-refractivity contribution >= 4 is 39.5 Å². The number of allylic oxidation sites excluding steroid dienone is 16. The van der Waals surface area contributed by atoms with Crippen molar-refractivity contribution < 1.29 is 80.2 Å². The summed E-state index contributed by atoms with van der Waals surface area (Å²) in [4.78, 5) is 73.0. The molecule has 0 aromatic carbocycles. The minimum Gasteiger partial charge on any atom is -0.462 e. The molecule has 3 N–H and O–H groups in total. The van der Waals surface area contributed by atoms with Gasteiger partial charge in [0, 0.05) is 25.7 Å². The minimum atomic E-state index is -4.98. The van der Waals surface area contributed by atoms with Crippen molar-refractivity contribution in [2.24, 2.45) is 0 Å². The van der Waals surface area contributed by atoms with Crippen LogP contribution in [0, 0.1) is 0 Å². The number of ether oxygens (including phenoxy) is 4. The minimum absolute atomic E-state index is 0.0842. The van der Waals surface area contributed by atoms with Gasteiger partial charge in [-0.1, -0.05) is 298 Å². The molecule has 0 radical (unpaired) electrons. The number of aliphatic hydroxyl groups excluding tert-OH is 1. The van der Waals surface area contributed by atoms with Gasteiger partial charge in [-0.25, -0.2) is 9.13 Å². The number of phosphoric ester groups is 2. The Morgan fingerprint density at radius 1 is 0.284 bits per heavy atom. The summed E-state index contributed by atoms with van der Waals surface area (Å²) in [5.41, 5.74) is 0. The Morgan fingerprint density at radius 2 is 0.510 bits per heavy atom. The first-order chi connectivity index (χ1) is 49.7. The van der Waals surface area contributed by atoms with Gasteiger partial charge in [0.15, 0.2) is 12.2 Å². The first-order valence-electron chi connectivity index (χ1n) is 40.5. The summed E-state index contributed by atoms with van der Waals surface area (Å²) in [5.74, 6) is -2.19. The van der Waals surface area contributed by atoms with Crippen molar-refractivity contribution in [2.75, 3.05) is 39.6 Å². The predicted octanol–water partition coefficient (Wildman–Crippen LogP) is 23.6. The van der Waals surface area contributed by atoms with Crippen molar-refractivity contribution in [1.29, 1.82) is 0 Å². The lowest BCUT2D eigenvalue weighted by Crippen LogP contribution is -2.30. The quantitative estimate of drug-likeness (QED) is 0.0169. The second-order valence-electron chi connectivity index (χ2n) is 27.0. The van der Waals surface area contributed by atoms with Gasteiger partial charge in [0.2, 0.25) is 0 Å². The molecule has 0 saturated carbocycles. The standard InChI is InChI=1S/C83H146O17P2/c1-5-9-13-17-21-25-29-32-35-37-38-40-43-45-49-52-56-60-64-68-80(85)93-73-78(99-82(87)69-65-61-57-53-47-28-24-20-16-12-8-4)75-97-101(89,90)95-71-77(84)72-96-102(91,92)98-76-79(100-83(88)70-66-62-58-54-50-46-41-34-31-27-23-19-15-11-7-3)74-94-81(86)67-63-59-55-51-48-44-42-39-36-33-30-26-22-18-14-10-6-2/h9-10,13-14,21-22,25-26,32-36,38,40-41,77-79,84H,5-8,11-12,15-20,23-24,27-31,37,39,42-76H2,1-4H3,(H,89,90)(H,91,92)/b13-9-,14-10-,25-21-,26-22-,35-32-,36-33-,40-38-,41-34-. The van der Waals surface area contributed by atoms with Gasteiger partial charge < -0.3 is 33.8 Å². The molecule has 102 heavy (non-hydrogen) atoms. The summed E-state index contributed by atoms with van der Waals surface area (Å²) in [6, 6.07) is 0. The summed E-state index contributed by atoms with van der Waals surface area (Å²) in [6.45, 7) is 4.65. The van der Waals surface area contributed by atoms with Crippen molar-refractivity contribution in [3.05, 3.63) is 97.2 Å². The van der Waals surface area contributed by atoms with E-state index in [1.807, 2.05) is 0 Å². The van der Waals surface area contributed by atoms with Gasteiger partial charge in [0.1, 0.15) is 19.3 Å². The monoisotopic (exact) mass is 1480 g/mol. The fourth-order valence-electron chi connectivity index (χ4n) is 10.9. The molecule has 17 nitrogen and oxygen atoms in total. The van der Waals surface area contributed by atoms with Crippen LogP contribution in [0.4, 0.5) is 0 Å². The van der Waals surface area contributed by atoms with Crippen LogP contribution in [0.5, 0.6) is 0 Å². The second kappa shape index (κ2) is 75.2. The van der Waals surface area contributed by atoms with Crippen LogP contribution in [-0.2, 0) is 65.4 Å². The zero-order valence-corrected chi connectivity index (χ0v) is 66.3. The Morgan fingerprint density at radius 3 is 0.794 bits per heavy atom. The van der Waals surface area contributed by atoms with E-state index in [-0.39, 0.29) is 25.7 Å². The lowest BCUT2D eigenvalue weighted by molar-refractivity contribution is -0.161. The van der Waals surface area contributed by atoms with E-state index in [4.69, 9.17) is 37.0 Å². The van der Waals surface area contributed by atoms with Crippen LogP contribution in [0.3, 0.4) is 0 Å². The molecule has 5 unspecified atom stereocenters. The second-order valence-corrected chi connectivity index (χ2v) is 29.9. The maximum Gasteiger partial charge on any atom is 0.472 e. The Balaban J connectivity index is 5.32. The average Bonchev–Trinajstić information content (AvgIpc) is 0.926. The molecule has 0 spiro atoms. The van der Waals surface area contributed by atoms with Gasteiger partial charge in [-0.2, -0.15) is 0 Å². The van der Waals surface area contributed by atoms with E-state index in [1.165, 1.54) is 77.0 Å². The molecule has 19 heteroatoms. The SMILES string of the molecule is CC/C=C\C/C=C\C/C=C\C/C=C\CCCCCCCCC(=O)OCC(COP(=O)(O)OCC(O)COP(=O)(O)OCC(COC(=O)CCCCCCCCC/C=C\C/C=C\C/C=C\CC)OC(=O)CCCCCCC/C=C\CCCCCCCC)OC(=O)CCCCCCCCCCCCC. The molecule has 0 aliphatic rings. The zero-order chi connectivity index (χ0) is 74.6. The maximum atomic E-state index is 13.1. The normalized spacial score (nSPS) is 14.4. The molecule has 0 aromatic rings. The maximum absolute atomic E-state index is 13.1. The molecule has 0 fully saturated rings. The molecule has 0 bridgehead atoms. The number of hydrogen-bond acceptors (Lipinski definition) is 15. The molecule has 0 rings (SSSR count). The van der Waals surface area contributed by atoms with E-state index in [0.717, 1.165) is 193 Å². The van der Waals surface area contributed by atoms with Crippen LogP contribution in [0.1, 0.15) is 349 Å². The van der Waals surface area contributed by atoms with Crippen LogP contribution >= 0.6 is 15.6 Å². The summed E-state index contributed by atoms with van der Waals surface area (Å²) in [6.07, 6.45) is 79.5. The molecule has 0 amide bonds. The molecule has 0 aliphatic heterocycles. The highest BCUT2D eigenvalue weighted by Crippen LogP contribution is 2.45. The molecule has 0 aliphatic carbocycles. The molecule has 5 atom stereocenters. The summed E-state index contributed by atoms with van der Waals surface area (Å²) in [7, 11) is -9.95. The number of aliphatic hydroxyl groups is 1. The first-order valence-corrected chi connectivity index (χ1v) is 43.5. The number of rotatable bonds is 76. The van der Waals surface area contributed by atoms with E-state index < -0.39 is 97.5 Å².